The summed E-state index contributed by atoms with van der Waals surface area (Å²) in [5, 5.41) is 9.17. The second-order valence-corrected chi connectivity index (χ2v) is 11.7. The molecule has 1 heterocycles. The molecule has 178 valence electrons. The Morgan fingerprint density at radius 1 is 1.06 bits per heavy atom. The number of benzene rings is 2. The van der Waals surface area contributed by atoms with E-state index in [4.69, 9.17) is 16.7 Å². The summed E-state index contributed by atoms with van der Waals surface area (Å²) in [6.45, 7) is -0.0405. The highest BCUT2D eigenvalue weighted by atomic mass is 35.5. The summed E-state index contributed by atoms with van der Waals surface area (Å²) in [6, 6.07) is 12.4. The van der Waals surface area contributed by atoms with Gasteiger partial charge in [-0.05, 0) is 55.7 Å². The van der Waals surface area contributed by atoms with Crippen LogP contribution in [-0.4, -0.2) is 50.8 Å². The quantitative estimate of drug-likeness (QED) is 0.372. The number of carboxylic acids is 1. The molecule has 0 amide bonds. The molecule has 1 aliphatic rings. The van der Waals surface area contributed by atoms with Crippen LogP contribution in [0.5, 0.6) is 0 Å². The van der Waals surface area contributed by atoms with Gasteiger partial charge in [-0.2, -0.15) is 4.31 Å². The van der Waals surface area contributed by atoms with Gasteiger partial charge in [0.1, 0.15) is 0 Å². The molecule has 11 heteroatoms. The number of sulfonamides is 2. The number of allylic oxidation sites excluding steroid dienone is 1. The van der Waals surface area contributed by atoms with Crippen LogP contribution in [0.4, 0.5) is 0 Å². The van der Waals surface area contributed by atoms with Crippen LogP contribution in [0.2, 0.25) is 5.02 Å². The summed E-state index contributed by atoms with van der Waals surface area (Å²) in [6.07, 6.45) is 4.60. The van der Waals surface area contributed by atoms with Crippen LogP contribution >= 0.6 is 11.6 Å². The van der Waals surface area contributed by atoms with Gasteiger partial charge < -0.3 is 5.11 Å². The monoisotopic (exact) mass is 512 g/mol. The molecule has 0 unspecified atom stereocenters. The van der Waals surface area contributed by atoms with Gasteiger partial charge in [0, 0.05) is 30.1 Å². The Kier molecular flexibility index (Phi) is 8.30. The number of hydrogen-bond acceptors (Lipinski definition) is 5. The lowest BCUT2D eigenvalue weighted by Crippen LogP contribution is -2.39. The fraction of sp³-hybridized carbons (Fsp3) is 0.318. The van der Waals surface area contributed by atoms with Crippen molar-refractivity contribution in [1.82, 2.24) is 9.03 Å². The molecular formula is C22H25ClN2O6S2. The van der Waals surface area contributed by atoms with E-state index in [1.165, 1.54) is 40.7 Å². The Morgan fingerprint density at radius 2 is 1.73 bits per heavy atom. The summed E-state index contributed by atoms with van der Waals surface area (Å²) in [7, 11) is -7.74. The van der Waals surface area contributed by atoms with E-state index in [1.54, 1.807) is 30.4 Å². The van der Waals surface area contributed by atoms with Crippen molar-refractivity contribution >= 4 is 37.6 Å². The van der Waals surface area contributed by atoms with Crippen molar-refractivity contribution in [3.8, 4) is 0 Å². The highest BCUT2D eigenvalue weighted by Gasteiger charge is 2.40. The molecule has 2 aromatic rings. The van der Waals surface area contributed by atoms with Gasteiger partial charge in [0.2, 0.25) is 20.0 Å². The first-order valence-electron chi connectivity index (χ1n) is 10.3. The third-order valence-corrected chi connectivity index (χ3v) is 8.91. The summed E-state index contributed by atoms with van der Waals surface area (Å²) in [5.74, 6) is -0.897. The van der Waals surface area contributed by atoms with Crippen molar-refractivity contribution in [2.75, 3.05) is 6.54 Å². The van der Waals surface area contributed by atoms with Crippen LogP contribution in [0.1, 0.15) is 25.7 Å². The van der Waals surface area contributed by atoms with Crippen molar-refractivity contribution in [2.24, 2.45) is 0 Å². The number of rotatable bonds is 10. The maximum atomic E-state index is 13.3. The molecule has 8 nitrogen and oxygen atoms in total. The minimum Gasteiger partial charge on any atom is -0.481 e. The third kappa shape index (κ3) is 6.64. The zero-order valence-corrected chi connectivity index (χ0v) is 20.1. The van der Waals surface area contributed by atoms with Gasteiger partial charge in [0.05, 0.1) is 9.79 Å². The van der Waals surface area contributed by atoms with E-state index in [0.717, 1.165) is 0 Å². The van der Waals surface area contributed by atoms with E-state index in [-0.39, 0.29) is 29.2 Å². The van der Waals surface area contributed by atoms with Gasteiger partial charge in [-0.3, -0.25) is 4.79 Å². The molecule has 0 aromatic heterocycles. The second-order valence-electron chi connectivity index (χ2n) is 7.68. The standard InChI is InChI=1S/C22H25ClN2O6S2/c23-17-11-13-21(14-12-17)33(30,31)25-16-18(15-19(25)7-3-1-6-10-22(26)27)24-32(28,29)20-8-4-2-5-9-20/h2-5,7-9,11-14,18-19,24H,1,6,10,15-16H2,(H,26,27)/b7-3-/t18-,19-/m1/s1. The molecule has 0 aliphatic carbocycles. The Bertz CT molecular complexity index is 1200. The molecule has 2 atom stereocenters. The van der Waals surface area contributed by atoms with Crippen LogP contribution in [0.15, 0.2) is 76.5 Å². The lowest BCUT2D eigenvalue weighted by atomic mass is 10.1. The summed E-state index contributed by atoms with van der Waals surface area (Å²) < 4.78 is 56.0. The molecule has 1 fully saturated rings. The number of halogens is 1. The van der Waals surface area contributed by atoms with E-state index in [0.29, 0.717) is 17.9 Å². The zero-order chi connectivity index (χ0) is 24.1. The number of carboxylic acid groups (broad SMARTS) is 1. The van der Waals surface area contributed by atoms with Gasteiger partial charge in [0.25, 0.3) is 0 Å². The molecule has 0 radical (unpaired) electrons. The van der Waals surface area contributed by atoms with Crippen LogP contribution in [0.3, 0.4) is 0 Å². The summed E-state index contributed by atoms with van der Waals surface area (Å²) >= 11 is 5.89. The predicted molar refractivity (Wildman–Crippen MR) is 125 cm³/mol. The maximum Gasteiger partial charge on any atom is 0.303 e. The molecule has 3 rings (SSSR count). The van der Waals surface area contributed by atoms with Gasteiger partial charge in [-0.15, -0.1) is 0 Å². The molecule has 1 saturated heterocycles. The Balaban J connectivity index is 1.82. The molecule has 2 aromatic carbocycles. The van der Waals surface area contributed by atoms with Crippen molar-refractivity contribution in [3.63, 3.8) is 0 Å². The van der Waals surface area contributed by atoms with Crippen molar-refractivity contribution < 1.29 is 26.7 Å². The van der Waals surface area contributed by atoms with E-state index < -0.39 is 38.1 Å². The molecule has 1 aliphatic heterocycles. The van der Waals surface area contributed by atoms with E-state index in [1.807, 2.05) is 0 Å². The number of aliphatic carboxylic acids is 1. The fourth-order valence-electron chi connectivity index (χ4n) is 3.63. The van der Waals surface area contributed by atoms with Gasteiger partial charge in [-0.1, -0.05) is 42.0 Å². The van der Waals surface area contributed by atoms with Gasteiger partial charge in [-0.25, -0.2) is 21.6 Å². The number of hydrogen-bond donors (Lipinski definition) is 2. The molecular weight excluding hydrogens is 488 g/mol. The van der Waals surface area contributed by atoms with Crippen LogP contribution in [-0.2, 0) is 24.8 Å². The molecule has 33 heavy (non-hydrogen) atoms. The predicted octanol–water partition coefficient (Wildman–Crippen LogP) is 3.26. The average Bonchev–Trinajstić information content (AvgIpc) is 3.17. The second kappa shape index (κ2) is 10.8. The first-order valence-corrected chi connectivity index (χ1v) is 13.6. The first-order chi connectivity index (χ1) is 15.6. The van der Waals surface area contributed by atoms with E-state index in [2.05, 4.69) is 4.72 Å². The molecule has 0 saturated carbocycles. The smallest absolute Gasteiger partial charge is 0.303 e. The van der Waals surface area contributed by atoms with Crippen LogP contribution < -0.4 is 4.72 Å². The minimum absolute atomic E-state index is 0.0152. The lowest BCUT2D eigenvalue weighted by Gasteiger charge is -2.22. The normalized spacial score (nSPS) is 19.8. The van der Waals surface area contributed by atoms with E-state index in [9.17, 15) is 21.6 Å². The summed E-state index contributed by atoms with van der Waals surface area (Å²) in [5.41, 5.74) is 0. The number of nitrogens with zero attached hydrogens (tertiary/aromatic N) is 1. The summed E-state index contributed by atoms with van der Waals surface area (Å²) in [4.78, 5) is 10.8. The van der Waals surface area contributed by atoms with Crippen molar-refractivity contribution in [1.29, 1.82) is 0 Å². The Hall–Kier alpha value is -2.24. The molecule has 2 N–H and O–H groups in total. The number of carbonyl (C=O) groups is 1. The number of nitrogens with one attached hydrogen (secondary N) is 1. The third-order valence-electron chi connectivity index (χ3n) is 5.21. The Morgan fingerprint density at radius 3 is 2.36 bits per heavy atom. The van der Waals surface area contributed by atoms with Crippen molar-refractivity contribution in [3.05, 3.63) is 71.8 Å². The molecule has 0 bridgehead atoms. The van der Waals surface area contributed by atoms with Crippen LogP contribution in [0.25, 0.3) is 0 Å². The van der Waals surface area contributed by atoms with Crippen molar-refractivity contribution in [2.45, 2.75) is 47.6 Å². The number of unbranched alkanes of at least 4 members (excludes halogenated alkanes) is 1. The van der Waals surface area contributed by atoms with Crippen LogP contribution in [0, 0.1) is 0 Å². The van der Waals surface area contributed by atoms with Gasteiger partial charge >= 0.3 is 5.97 Å². The average molecular weight is 513 g/mol. The topological polar surface area (TPSA) is 121 Å². The zero-order valence-electron chi connectivity index (χ0n) is 17.7. The SMILES string of the molecule is O=C(O)CCC/C=C\[C@@H]1C[C@@H](NS(=O)(=O)c2ccccc2)CN1S(=O)(=O)c1ccc(Cl)cc1. The highest BCUT2D eigenvalue weighted by Crippen LogP contribution is 2.29. The fourth-order valence-corrected chi connectivity index (χ4v) is 6.65. The Labute approximate surface area is 199 Å². The first kappa shape index (κ1) is 25.4. The highest BCUT2D eigenvalue weighted by molar-refractivity contribution is 7.89. The molecule has 0 spiro atoms. The largest absolute Gasteiger partial charge is 0.481 e. The maximum absolute atomic E-state index is 13.3. The minimum atomic E-state index is -3.92. The van der Waals surface area contributed by atoms with Gasteiger partial charge in [0.15, 0.2) is 0 Å². The lowest BCUT2D eigenvalue weighted by molar-refractivity contribution is -0.137. The van der Waals surface area contributed by atoms with E-state index >= 15 is 0 Å².